The van der Waals surface area contributed by atoms with Crippen molar-refractivity contribution in [2.45, 2.75) is 31.0 Å². The van der Waals surface area contributed by atoms with Crippen molar-refractivity contribution in [2.75, 3.05) is 13.4 Å². The highest BCUT2D eigenvalue weighted by atomic mass is 16.8. The molecule has 0 aromatic carbocycles. The van der Waals surface area contributed by atoms with Crippen molar-refractivity contribution in [1.29, 1.82) is 0 Å². The summed E-state index contributed by atoms with van der Waals surface area (Å²) >= 11 is 0. The van der Waals surface area contributed by atoms with Gasteiger partial charge in [-0.15, -0.1) is 0 Å². The first-order valence-electron chi connectivity index (χ1n) is 3.95. The van der Waals surface area contributed by atoms with Gasteiger partial charge in [0.25, 0.3) is 0 Å². The van der Waals surface area contributed by atoms with Gasteiger partial charge in [-0.1, -0.05) is 0 Å². The van der Waals surface area contributed by atoms with Crippen LogP contribution in [-0.4, -0.2) is 38.0 Å². The summed E-state index contributed by atoms with van der Waals surface area (Å²) in [7, 11) is 0. The maximum absolute atomic E-state index is 5.54. The molecule has 0 aromatic heterocycles. The molecule has 4 heteroatoms. The quantitative estimate of drug-likeness (QED) is 0.492. The van der Waals surface area contributed by atoms with E-state index in [0.29, 0.717) is 6.79 Å². The molecule has 0 N–H and O–H groups in total. The van der Waals surface area contributed by atoms with Gasteiger partial charge >= 0.3 is 0 Å². The van der Waals surface area contributed by atoms with Gasteiger partial charge in [0.1, 0.15) is 12.2 Å². The first kappa shape index (κ1) is 6.37. The summed E-state index contributed by atoms with van der Waals surface area (Å²) in [6, 6.07) is 0. The molecule has 4 nitrogen and oxygen atoms in total. The lowest BCUT2D eigenvalue weighted by Gasteiger charge is -2.10. The van der Waals surface area contributed by atoms with Gasteiger partial charge in [0, 0.05) is 6.61 Å². The Morgan fingerprint density at radius 1 is 1.00 bits per heavy atom. The first-order chi connectivity index (χ1) is 5.45. The van der Waals surface area contributed by atoms with E-state index in [-0.39, 0.29) is 24.6 Å². The smallest absolute Gasteiger partial charge is 0.189 e. The van der Waals surface area contributed by atoms with Crippen molar-refractivity contribution in [3.8, 4) is 0 Å². The Morgan fingerprint density at radius 3 is 3.00 bits per heavy atom. The van der Waals surface area contributed by atoms with E-state index in [1.165, 1.54) is 0 Å². The summed E-state index contributed by atoms with van der Waals surface area (Å²) < 4.78 is 21.5. The Labute approximate surface area is 64.4 Å². The first-order valence-corrected chi connectivity index (χ1v) is 3.95. The van der Waals surface area contributed by atoms with Gasteiger partial charge < -0.3 is 18.9 Å². The molecule has 0 radical (unpaired) electrons. The summed E-state index contributed by atoms with van der Waals surface area (Å²) in [4.78, 5) is 0. The van der Waals surface area contributed by atoms with Crippen LogP contribution in [0.25, 0.3) is 0 Å². The SMILES string of the molecule is C1CC2OC3OCOC3C2O1. The molecule has 0 bridgehead atoms. The third kappa shape index (κ3) is 0.780. The Kier molecular flexibility index (Phi) is 1.25. The predicted octanol–water partition coefficient (Wildman–Crippen LogP) is -0.127. The zero-order chi connectivity index (χ0) is 7.26. The average molecular weight is 158 g/mol. The molecule has 3 aliphatic rings. The van der Waals surface area contributed by atoms with Gasteiger partial charge in [0.05, 0.1) is 6.10 Å². The van der Waals surface area contributed by atoms with Crippen molar-refractivity contribution < 1.29 is 18.9 Å². The summed E-state index contributed by atoms with van der Waals surface area (Å²) in [5.74, 6) is 0. The Hall–Kier alpha value is -0.160. The molecule has 0 saturated carbocycles. The number of hydrogen-bond donors (Lipinski definition) is 0. The van der Waals surface area contributed by atoms with Crippen LogP contribution in [0.3, 0.4) is 0 Å². The lowest BCUT2D eigenvalue weighted by Crippen LogP contribution is -2.29. The number of hydrogen-bond acceptors (Lipinski definition) is 4. The maximum atomic E-state index is 5.54. The summed E-state index contributed by atoms with van der Waals surface area (Å²) in [5.41, 5.74) is 0. The summed E-state index contributed by atoms with van der Waals surface area (Å²) in [5, 5.41) is 0. The van der Waals surface area contributed by atoms with Gasteiger partial charge in [-0.25, -0.2) is 0 Å². The van der Waals surface area contributed by atoms with Crippen molar-refractivity contribution in [3.05, 3.63) is 0 Å². The zero-order valence-corrected chi connectivity index (χ0v) is 6.06. The van der Waals surface area contributed by atoms with E-state index in [1.807, 2.05) is 0 Å². The Balaban J connectivity index is 1.84. The molecule has 62 valence electrons. The Morgan fingerprint density at radius 2 is 2.00 bits per heavy atom. The lowest BCUT2D eigenvalue weighted by molar-refractivity contribution is -0.117. The summed E-state index contributed by atoms with van der Waals surface area (Å²) in [6.07, 6.45) is 1.19. The van der Waals surface area contributed by atoms with E-state index in [4.69, 9.17) is 18.9 Å². The molecular weight excluding hydrogens is 148 g/mol. The second-order valence-electron chi connectivity index (χ2n) is 3.08. The van der Waals surface area contributed by atoms with E-state index in [0.717, 1.165) is 13.0 Å². The largest absolute Gasteiger partial charge is 0.372 e. The molecular formula is C7H10O4. The van der Waals surface area contributed by atoms with E-state index < -0.39 is 0 Å². The fraction of sp³-hybridized carbons (Fsp3) is 1.00. The van der Waals surface area contributed by atoms with Crippen LogP contribution in [0.15, 0.2) is 0 Å². The van der Waals surface area contributed by atoms with Gasteiger partial charge in [-0.3, -0.25) is 0 Å². The monoisotopic (exact) mass is 158 g/mol. The van der Waals surface area contributed by atoms with E-state index in [9.17, 15) is 0 Å². The van der Waals surface area contributed by atoms with Crippen LogP contribution in [0.4, 0.5) is 0 Å². The second-order valence-corrected chi connectivity index (χ2v) is 3.08. The van der Waals surface area contributed by atoms with E-state index in [1.54, 1.807) is 0 Å². The summed E-state index contributed by atoms with van der Waals surface area (Å²) in [6.45, 7) is 1.14. The minimum atomic E-state index is -0.162. The molecule has 3 saturated heterocycles. The van der Waals surface area contributed by atoms with Crippen LogP contribution in [0, 0.1) is 0 Å². The number of ether oxygens (including phenoxy) is 4. The van der Waals surface area contributed by atoms with Gasteiger partial charge in [0.15, 0.2) is 13.1 Å². The molecule has 3 aliphatic heterocycles. The lowest BCUT2D eigenvalue weighted by atomic mass is 10.1. The van der Waals surface area contributed by atoms with Gasteiger partial charge in [-0.2, -0.15) is 0 Å². The molecule has 4 atom stereocenters. The van der Waals surface area contributed by atoms with Crippen LogP contribution in [-0.2, 0) is 18.9 Å². The fourth-order valence-electron chi connectivity index (χ4n) is 1.94. The Bertz CT molecular complexity index is 154. The molecule has 0 aromatic rings. The van der Waals surface area contributed by atoms with E-state index in [2.05, 4.69) is 0 Å². The van der Waals surface area contributed by atoms with Crippen LogP contribution in [0.2, 0.25) is 0 Å². The average Bonchev–Trinajstić information content (AvgIpc) is 2.52. The normalized spacial score (nSPS) is 54.5. The highest BCUT2D eigenvalue weighted by molar-refractivity contribution is 4.93. The predicted molar refractivity (Wildman–Crippen MR) is 33.8 cm³/mol. The van der Waals surface area contributed by atoms with Gasteiger partial charge in [0.2, 0.25) is 0 Å². The number of fused-ring (bicyclic) bond motifs is 3. The molecule has 4 unspecified atom stereocenters. The zero-order valence-electron chi connectivity index (χ0n) is 6.06. The molecule has 0 spiro atoms. The van der Waals surface area contributed by atoms with Crippen molar-refractivity contribution in [3.63, 3.8) is 0 Å². The van der Waals surface area contributed by atoms with Crippen LogP contribution < -0.4 is 0 Å². The molecule has 3 fully saturated rings. The third-order valence-electron chi connectivity index (χ3n) is 2.47. The molecule has 3 rings (SSSR count). The molecule has 0 amide bonds. The minimum absolute atomic E-state index is 0.0301. The maximum Gasteiger partial charge on any atom is 0.189 e. The van der Waals surface area contributed by atoms with Crippen LogP contribution in [0.5, 0.6) is 0 Å². The topological polar surface area (TPSA) is 36.9 Å². The van der Waals surface area contributed by atoms with Crippen molar-refractivity contribution >= 4 is 0 Å². The molecule has 11 heavy (non-hydrogen) atoms. The van der Waals surface area contributed by atoms with Crippen LogP contribution >= 0.6 is 0 Å². The standard InChI is InChI=1S/C7H10O4/c1-2-8-5-4(1)11-7-6(5)9-3-10-7/h4-7H,1-3H2. The van der Waals surface area contributed by atoms with E-state index >= 15 is 0 Å². The van der Waals surface area contributed by atoms with Gasteiger partial charge in [-0.05, 0) is 6.42 Å². The van der Waals surface area contributed by atoms with Crippen LogP contribution in [0.1, 0.15) is 6.42 Å². The van der Waals surface area contributed by atoms with Crippen molar-refractivity contribution in [2.24, 2.45) is 0 Å². The highest BCUT2D eigenvalue weighted by Crippen LogP contribution is 2.35. The highest BCUT2D eigenvalue weighted by Gasteiger charge is 2.52. The molecule has 3 heterocycles. The number of rotatable bonds is 0. The third-order valence-corrected chi connectivity index (χ3v) is 2.47. The minimum Gasteiger partial charge on any atom is -0.372 e. The van der Waals surface area contributed by atoms with Crippen molar-refractivity contribution in [1.82, 2.24) is 0 Å². The fourth-order valence-corrected chi connectivity index (χ4v) is 1.94. The molecule has 0 aliphatic carbocycles. The second kappa shape index (κ2) is 2.17.